The van der Waals surface area contributed by atoms with Gasteiger partial charge in [-0.25, -0.2) is 9.97 Å². The second kappa shape index (κ2) is 9.16. The smallest absolute Gasteiger partial charge is 0.125 e. The van der Waals surface area contributed by atoms with Crippen LogP contribution in [0.2, 0.25) is 0 Å². The van der Waals surface area contributed by atoms with Crippen LogP contribution in [0, 0.1) is 6.92 Å². The van der Waals surface area contributed by atoms with Crippen LogP contribution in [0.1, 0.15) is 33.5 Å². The summed E-state index contributed by atoms with van der Waals surface area (Å²) in [6.45, 7) is 9.85. The SMILES string of the molecule is CC.CC.Cc1ncc(-c2ccc(O)cc2)cn1. The Kier molecular flexibility index (Phi) is 8.20. The average molecular weight is 246 g/mol. The van der Waals surface area contributed by atoms with Gasteiger partial charge in [-0.15, -0.1) is 0 Å². The van der Waals surface area contributed by atoms with E-state index in [1.807, 2.05) is 46.8 Å². The van der Waals surface area contributed by atoms with E-state index >= 15 is 0 Å². The summed E-state index contributed by atoms with van der Waals surface area (Å²) in [4.78, 5) is 8.21. The molecule has 0 spiro atoms. The number of aromatic nitrogens is 2. The Morgan fingerprint density at radius 3 is 1.67 bits per heavy atom. The maximum absolute atomic E-state index is 9.12. The normalized spacial score (nSPS) is 8.50. The summed E-state index contributed by atoms with van der Waals surface area (Å²) in [5.41, 5.74) is 1.96. The molecule has 0 saturated carbocycles. The summed E-state index contributed by atoms with van der Waals surface area (Å²) < 4.78 is 0. The Balaban J connectivity index is 0.000000659. The molecule has 1 aromatic heterocycles. The standard InChI is InChI=1S/C11H10N2O.2C2H6/c1-8-12-6-10(7-13-8)9-2-4-11(14)5-3-9;2*1-2/h2-7,14H,1H3;2*1-2H3. The van der Waals surface area contributed by atoms with Crippen molar-refractivity contribution in [1.82, 2.24) is 9.97 Å². The molecule has 1 heterocycles. The van der Waals surface area contributed by atoms with Gasteiger partial charge in [0, 0.05) is 18.0 Å². The molecule has 2 rings (SSSR count). The fraction of sp³-hybridized carbons (Fsp3) is 0.333. The third-order valence-corrected chi connectivity index (χ3v) is 1.98. The minimum absolute atomic E-state index is 0.266. The Morgan fingerprint density at radius 2 is 1.22 bits per heavy atom. The molecule has 1 N–H and O–H groups in total. The van der Waals surface area contributed by atoms with Crippen LogP contribution in [0.15, 0.2) is 36.7 Å². The van der Waals surface area contributed by atoms with Crippen LogP contribution in [-0.2, 0) is 0 Å². The quantitative estimate of drug-likeness (QED) is 0.819. The molecular formula is C15H22N2O. The lowest BCUT2D eigenvalue weighted by Gasteiger charge is -2.00. The Hall–Kier alpha value is -1.90. The lowest BCUT2D eigenvalue weighted by molar-refractivity contribution is 0.475. The summed E-state index contributed by atoms with van der Waals surface area (Å²) in [6, 6.07) is 6.97. The Morgan fingerprint density at radius 1 is 0.778 bits per heavy atom. The van der Waals surface area contributed by atoms with E-state index in [4.69, 9.17) is 5.11 Å². The van der Waals surface area contributed by atoms with Gasteiger partial charge in [-0.1, -0.05) is 39.8 Å². The molecule has 2 aromatic rings. The van der Waals surface area contributed by atoms with Crippen LogP contribution in [0.3, 0.4) is 0 Å². The summed E-state index contributed by atoms with van der Waals surface area (Å²) in [7, 11) is 0. The molecule has 0 aliphatic carbocycles. The van der Waals surface area contributed by atoms with Gasteiger partial charge in [0.15, 0.2) is 0 Å². The topological polar surface area (TPSA) is 46.0 Å². The molecule has 0 unspecified atom stereocenters. The monoisotopic (exact) mass is 246 g/mol. The fourth-order valence-electron chi connectivity index (χ4n) is 1.20. The van der Waals surface area contributed by atoms with Gasteiger partial charge in [0.25, 0.3) is 0 Å². The van der Waals surface area contributed by atoms with Crippen molar-refractivity contribution in [3.63, 3.8) is 0 Å². The molecule has 0 radical (unpaired) electrons. The summed E-state index contributed by atoms with van der Waals surface area (Å²) in [6.07, 6.45) is 3.55. The molecule has 3 nitrogen and oxygen atoms in total. The first-order valence-corrected chi connectivity index (χ1v) is 6.34. The average Bonchev–Trinajstić information content (AvgIpc) is 2.45. The first kappa shape index (κ1) is 16.1. The van der Waals surface area contributed by atoms with E-state index in [0.717, 1.165) is 17.0 Å². The molecule has 0 atom stereocenters. The zero-order valence-electron chi connectivity index (χ0n) is 11.8. The number of nitrogens with zero attached hydrogens (tertiary/aromatic N) is 2. The molecule has 0 aliphatic rings. The number of aromatic hydroxyl groups is 1. The van der Waals surface area contributed by atoms with Crippen molar-refractivity contribution in [2.45, 2.75) is 34.6 Å². The Bertz CT molecular complexity index is 378. The van der Waals surface area contributed by atoms with Crippen LogP contribution in [-0.4, -0.2) is 15.1 Å². The molecule has 0 aliphatic heterocycles. The number of hydrogen-bond acceptors (Lipinski definition) is 3. The van der Waals surface area contributed by atoms with Crippen LogP contribution in [0.4, 0.5) is 0 Å². The largest absolute Gasteiger partial charge is 0.508 e. The molecule has 18 heavy (non-hydrogen) atoms. The van der Waals surface area contributed by atoms with Crippen molar-refractivity contribution in [2.75, 3.05) is 0 Å². The maximum Gasteiger partial charge on any atom is 0.125 e. The zero-order chi connectivity index (χ0) is 14.0. The van der Waals surface area contributed by atoms with Crippen molar-refractivity contribution in [3.05, 3.63) is 42.5 Å². The highest BCUT2D eigenvalue weighted by molar-refractivity contribution is 5.62. The second-order valence-electron chi connectivity index (χ2n) is 3.07. The van der Waals surface area contributed by atoms with E-state index in [1.165, 1.54) is 0 Å². The molecule has 0 amide bonds. The number of phenols is 1. The fourth-order valence-corrected chi connectivity index (χ4v) is 1.20. The molecule has 0 fully saturated rings. The van der Waals surface area contributed by atoms with Crippen molar-refractivity contribution in [2.24, 2.45) is 0 Å². The van der Waals surface area contributed by atoms with E-state index in [0.29, 0.717) is 0 Å². The second-order valence-corrected chi connectivity index (χ2v) is 3.07. The minimum atomic E-state index is 0.266. The third-order valence-electron chi connectivity index (χ3n) is 1.98. The highest BCUT2D eigenvalue weighted by Crippen LogP contribution is 2.19. The summed E-state index contributed by atoms with van der Waals surface area (Å²) in [5, 5.41) is 9.12. The van der Waals surface area contributed by atoms with Gasteiger partial charge in [-0.3, -0.25) is 0 Å². The molecule has 0 saturated heterocycles. The summed E-state index contributed by atoms with van der Waals surface area (Å²) >= 11 is 0. The van der Waals surface area contributed by atoms with Gasteiger partial charge in [0.05, 0.1) is 0 Å². The lowest BCUT2D eigenvalue weighted by atomic mass is 10.1. The number of benzene rings is 1. The van der Waals surface area contributed by atoms with Gasteiger partial charge < -0.3 is 5.11 Å². The van der Waals surface area contributed by atoms with Crippen molar-refractivity contribution >= 4 is 0 Å². The van der Waals surface area contributed by atoms with Crippen LogP contribution >= 0.6 is 0 Å². The van der Waals surface area contributed by atoms with Crippen LogP contribution < -0.4 is 0 Å². The third kappa shape index (κ3) is 4.95. The van der Waals surface area contributed by atoms with Gasteiger partial charge >= 0.3 is 0 Å². The number of hydrogen-bond donors (Lipinski definition) is 1. The van der Waals surface area contributed by atoms with Gasteiger partial charge in [-0.05, 0) is 24.6 Å². The molecule has 0 bridgehead atoms. The van der Waals surface area contributed by atoms with Crippen molar-refractivity contribution in [3.8, 4) is 16.9 Å². The maximum atomic E-state index is 9.12. The van der Waals surface area contributed by atoms with E-state index in [1.54, 1.807) is 24.5 Å². The Labute approximate surface area is 110 Å². The molecular weight excluding hydrogens is 224 g/mol. The van der Waals surface area contributed by atoms with Crippen molar-refractivity contribution < 1.29 is 5.11 Å². The number of aryl methyl sites for hydroxylation is 1. The van der Waals surface area contributed by atoms with Gasteiger partial charge in [-0.2, -0.15) is 0 Å². The number of rotatable bonds is 1. The molecule has 3 heteroatoms. The van der Waals surface area contributed by atoms with Gasteiger partial charge in [0.2, 0.25) is 0 Å². The van der Waals surface area contributed by atoms with Crippen LogP contribution in [0.5, 0.6) is 5.75 Å². The highest BCUT2D eigenvalue weighted by atomic mass is 16.3. The molecule has 98 valence electrons. The van der Waals surface area contributed by atoms with E-state index in [2.05, 4.69) is 9.97 Å². The zero-order valence-corrected chi connectivity index (χ0v) is 11.8. The summed E-state index contributed by atoms with van der Waals surface area (Å²) in [5.74, 6) is 1.02. The molecule has 1 aromatic carbocycles. The first-order chi connectivity index (χ1) is 8.75. The minimum Gasteiger partial charge on any atom is -0.508 e. The predicted molar refractivity (Wildman–Crippen MR) is 76.6 cm³/mol. The van der Waals surface area contributed by atoms with Crippen LogP contribution in [0.25, 0.3) is 11.1 Å². The van der Waals surface area contributed by atoms with E-state index in [9.17, 15) is 0 Å². The first-order valence-electron chi connectivity index (χ1n) is 6.34. The van der Waals surface area contributed by atoms with Crippen molar-refractivity contribution in [1.29, 1.82) is 0 Å². The van der Waals surface area contributed by atoms with E-state index in [-0.39, 0.29) is 5.75 Å². The lowest BCUT2D eigenvalue weighted by Crippen LogP contribution is -1.87. The van der Waals surface area contributed by atoms with Gasteiger partial charge in [0.1, 0.15) is 11.6 Å². The predicted octanol–water partition coefficient (Wildman–Crippen LogP) is 4.21. The number of phenolic OH excluding ortho intramolecular Hbond substituents is 1. The van der Waals surface area contributed by atoms with E-state index < -0.39 is 0 Å². The highest BCUT2D eigenvalue weighted by Gasteiger charge is 1.97.